The van der Waals surface area contributed by atoms with Crippen molar-refractivity contribution in [2.45, 2.75) is 52.0 Å². The molecule has 0 radical (unpaired) electrons. The summed E-state index contributed by atoms with van der Waals surface area (Å²) in [5, 5.41) is 0. The highest BCUT2D eigenvalue weighted by atomic mass is 15.2. The summed E-state index contributed by atoms with van der Waals surface area (Å²) in [5.74, 6) is 0. The summed E-state index contributed by atoms with van der Waals surface area (Å²) in [6.45, 7) is 6.83. The number of likely N-dealkylation sites (tertiary alicyclic amines) is 1. The summed E-state index contributed by atoms with van der Waals surface area (Å²) in [6, 6.07) is 5.02. The number of pyridine rings is 1. The van der Waals surface area contributed by atoms with Gasteiger partial charge in [-0.25, -0.2) is 0 Å². The Hall–Kier alpha value is -0.890. The van der Waals surface area contributed by atoms with Crippen LogP contribution in [0.15, 0.2) is 18.3 Å². The van der Waals surface area contributed by atoms with Gasteiger partial charge in [0, 0.05) is 17.9 Å². The number of rotatable bonds is 4. The quantitative estimate of drug-likeness (QED) is 0.786. The van der Waals surface area contributed by atoms with E-state index in [2.05, 4.69) is 42.1 Å². The third-order valence-corrected chi connectivity index (χ3v) is 3.73. The molecule has 1 unspecified atom stereocenters. The first-order chi connectivity index (χ1) is 8.31. The molecule has 2 heterocycles. The van der Waals surface area contributed by atoms with Gasteiger partial charge in [0.05, 0.1) is 0 Å². The molecule has 0 aliphatic carbocycles. The van der Waals surface area contributed by atoms with Crippen molar-refractivity contribution in [2.24, 2.45) is 0 Å². The van der Waals surface area contributed by atoms with E-state index in [1.54, 1.807) is 0 Å². The summed E-state index contributed by atoms with van der Waals surface area (Å²) in [4.78, 5) is 7.09. The Morgan fingerprint density at radius 3 is 2.94 bits per heavy atom. The molecule has 0 spiro atoms. The molecule has 0 N–H and O–H groups in total. The molecular formula is C15H24N2. The molecule has 1 aromatic rings. The number of aromatic nitrogens is 1. The van der Waals surface area contributed by atoms with E-state index in [1.165, 1.54) is 50.8 Å². The van der Waals surface area contributed by atoms with Crippen LogP contribution >= 0.6 is 0 Å². The van der Waals surface area contributed by atoms with Crippen LogP contribution in [-0.2, 0) is 0 Å². The fraction of sp³-hybridized carbons (Fsp3) is 0.667. The first-order valence-corrected chi connectivity index (χ1v) is 6.98. The predicted octanol–water partition coefficient (Wildman–Crippen LogP) is 3.72. The molecule has 0 bridgehead atoms. The van der Waals surface area contributed by atoms with Gasteiger partial charge in [0.1, 0.15) is 0 Å². The van der Waals surface area contributed by atoms with Crippen molar-refractivity contribution in [3.05, 3.63) is 29.6 Å². The van der Waals surface area contributed by atoms with Crippen molar-refractivity contribution in [1.82, 2.24) is 9.88 Å². The topological polar surface area (TPSA) is 16.1 Å². The lowest BCUT2D eigenvalue weighted by Crippen LogP contribution is -2.34. The van der Waals surface area contributed by atoms with E-state index < -0.39 is 0 Å². The van der Waals surface area contributed by atoms with Crippen molar-refractivity contribution in [1.29, 1.82) is 0 Å². The van der Waals surface area contributed by atoms with Crippen molar-refractivity contribution < 1.29 is 0 Å². The number of aryl methyl sites for hydroxylation is 1. The molecule has 2 nitrogen and oxygen atoms in total. The zero-order valence-corrected chi connectivity index (χ0v) is 11.2. The fourth-order valence-corrected chi connectivity index (χ4v) is 2.67. The average Bonchev–Trinajstić information content (AvgIpc) is 2.38. The lowest BCUT2D eigenvalue weighted by molar-refractivity contribution is 0.146. The molecule has 1 aromatic heterocycles. The van der Waals surface area contributed by atoms with E-state index in [0.717, 1.165) is 5.69 Å². The van der Waals surface area contributed by atoms with Crippen molar-refractivity contribution >= 4 is 0 Å². The van der Waals surface area contributed by atoms with E-state index >= 15 is 0 Å². The molecule has 1 atom stereocenters. The largest absolute Gasteiger partial charge is 0.296 e. The molecule has 0 aromatic carbocycles. The SMILES string of the molecule is CCCCN1CCCCC1c1ccc(C)nc1. The standard InChI is InChI=1S/C15H24N2/c1-3-4-10-17-11-6-5-7-15(17)14-9-8-13(2)16-12-14/h8-9,12,15H,3-7,10-11H2,1-2H3. The van der Waals surface area contributed by atoms with E-state index in [9.17, 15) is 0 Å². The third-order valence-electron chi connectivity index (χ3n) is 3.73. The second kappa shape index (κ2) is 6.15. The Labute approximate surface area is 105 Å². The second-order valence-electron chi connectivity index (χ2n) is 5.13. The van der Waals surface area contributed by atoms with Crippen LogP contribution in [0.25, 0.3) is 0 Å². The summed E-state index contributed by atoms with van der Waals surface area (Å²) in [6.07, 6.45) is 8.70. The molecule has 1 aliphatic heterocycles. The molecule has 17 heavy (non-hydrogen) atoms. The van der Waals surface area contributed by atoms with Crippen LogP contribution in [0.3, 0.4) is 0 Å². The zero-order chi connectivity index (χ0) is 12.1. The molecule has 1 saturated heterocycles. The number of nitrogens with zero attached hydrogens (tertiary/aromatic N) is 2. The molecule has 1 fully saturated rings. The Morgan fingerprint density at radius 1 is 1.35 bits per heavy atom. The van der Waals surface area contributed by atoms with Crippen LogP contribution < -0.4 is 0 Å². The highest BCUT2D eigenvalue weighted by molar-refractivity contribution is 5.17. The molecular weight excluding hydrogens is 208 g/mol. The first kappa shape index (κ1) is 12.6. The van der Waals surface area contributed by atoms with Crippen molar-refractivity contribution in [3.63, 3.8) is 0 Å². The Kier molecular flexibility index (Phi) is 4.55. The van der Waals surface area contributed by atoms with E-state index in [1.807, 2.05) is 0 Å². The lowest BCUT2D eigenvalue weighted by atomic mass is 9.96. The summed E-state index contributed by atoms with van der Waals surface area (Å²) in [7, 11) is 0. The van der Waals surface area contributed by atoms with Crippen LogP contribution in [0, 0.1) is 6.92 Å². The molecule has 0 amide bonds. The summed E-state index contributed by atoms with van der Waals surface area (Å²) in [5.41, 5.74) is 2.52. The van der Waals surface area contributed by atoms with Crippen LogP contribution in [0.2, 0.25) is 0 Å². The summed E-state index contributed by atoms with van der Waals surface area (Å²) >= 11 is 0. The van der Waals surface area contributed by atoms with Gasteiger partial charge in [0.2, 0.25) is 0 Å². The van der Waals surface area contributed by atoms with Gasteiger partial charge in [-0.05, 0) is 50.9 Å². The number of unbranched alkanes of at least 4 members (excludes halogenated alkanes) is 1. The second-order valence-corrected chi connectivity index (χ2v) is 5.13. The predicted molar refractivity (Wildman–Crippen MR) is 72.0 cm³/mol. The van der Waals surface area contributed by atoms with Gasteiger partial charge in [0.25, 0.3) is 0 Å². The Bertz CT molecular complexity index is 331. The highest BCUT2D eigenvalue weighted by Gasteiger charge is 2.23. The molecule has 0 saturated carbocycles. The third kappa shape index (κ3) is 3.29. The minimum absolute atomic E-state index is 0.614. The molecule has 1 aliphatic rings. The minimum Gasteiger partial charge on any atom is -0.296 e. The van der Waals surface area contributed by atoms with Crippen LogP contribution in [0.5, 0.6) is 0 Å². The maximum absolute atomic E-state index is 4.44. The van der Waals surface area contributed by atoms with Gasteiger partial charge in [-0.3, -0.25) is 9.88 Å². The van der Waals surface area contributed by atoms with E-state index in [0.29, 0.717) is 6.04 Å². The Balaban J connectivity index is 2.07. The van der Waals surface area contributed by atoms with Gasteiger partial charge in [0.15, 0.2) is 0 Å². The van der Waals surface area contributed by atoms with Crippen LogP contribution in [-0.4, -0.2) is 23.0 Å². The van der Waals surface area contributed by atoms with Gasteiger partial charge in [-0.15, -0.1) is 0 Å². The average molecular weight is 232 g/mol. The fourth-order valence-electron chi connectivity index (χ4n) is 2.67. The minimum atomic E-state index is 0.614. The summed E-state index contributed by atoms with van der Waals surface area (Å²) < 4.78 is 0. The van der Waals surface area contributed by atoms with Gasteiger partial charge in [-0.1, -0.05) is 25.8 Å². The highest BCUT2D eigenvalue weighted by Crippen LogP contribution is 2.30. The van der Waals surface area contributed by atoms with Gasteiger partial charge in [-0.2, -0.15) is 0 Å². The number of hydrogen-bond donors (Lipinski definition) is 0. The lowest BCUT2D eigenvalue weighted by Gasteiger charge is -2.35. The first-order valence-electron chi connectivity index (χ1n) is 6.98. The number of piperidine rings is 1. The normalized spacial score (nSPS) is 21.6. The van der Waals surface area contributed by atoms with Crippen LogP contribution in [0.1, 0.15) is 56.3 Å². The molecule has 2 heteroatoms. The molecule has 94 valence electrons. The van der Waals surface area contributed by atoms with Crippen LogP contribution in [0.4, 0.5) is 0 Å². The zero-order valence-electron chi connectivity index (χ0n) is 11.2. The monoisotopic (exact) mass is 232 g/mol. The van der Waals surface area contributed by atoms with E-state index in [-0.39, 0.29) is 0 Å². The molecule has 2 rings (SSSR count). The van der Waals surface area contributed by atoms with Gasteiger partial charge >= 0.3 is 0 Å². The Morgan fingerprint density at radius 2 is 2.24 bits per heavy atom. The smallest absolute Gasteiger partial charge is 0.0372 e. The maximum atomic E-state index is 4.44. The van der Waals surface area contributed by atoms with E-state index in [4.69, 9.17) is 0 Å². The number of hydrogen-bond acceptors (Lipinski definition) is 2. The maximum Gasteiger partial charge on any atom is 0.0372 e. The van der Waals surface area contributed by atoms with Gasteiger partial charge < -0.3 is 0 Å². The van der Waals surface area contributed by atoms with Crippen molar-refractivity contribution in [3.8, 4) is 0 Å². The van der Waals surface area contributed by atoms with Crippen molar-refractivity contribution in [2.75, 3.05) is 13.1 Å².